The number of hydrogen-bond acceptors (Lipinski definition) is 3. The molecule has 1 heterocycles. The first kappa shape index (κ1) is 24.7. The van der Waals surface area contributed by atoms with E-state index in [0.29, 0.717) is 39.1 Å². The van der Waals surface area contributed by atoms with Crippen molar-refractivity contribution in [1.29, 1.82) is 0 Å². The molecule has 0 aromatic carbocycles. The van der Waals surface area contributed by atoms with Crippen molar-refractivity contribution in [3.8, 4) is 0 Å². The normalized spacial score (nSPS) is 55.7. The third kappa shape index (κ3) is 2.97. The number of carbonyl (C=O) groups excluding carboxylic acids is 1. The molecular weight excluding hydrogens is 432 g/mol. The average Bonchev–Trinajstić information content (AvgIpc) is 3.10. The molecule has 35 heavy (non-hydrogen) atoms. The minimum atomic E-state index is -0.108. The van der Waals surface area contributed by atoms with E-state index in [-0.39, 0.29) is 17.5 Å². The fraction of sp³-hybridized carbons (Fsp3) is 0.969. The van der Waals surface area contributed by atoms with Crippen LogP contribution in [0.4, 0.5) is 0 Å². The summed E-state index contributed by atoms with van der Waals surface area (Å²) < 4.78 is 12.7. The molecule has 0 aromatic heterocycles. The molecule has 3 heteroatoms. The first-order chi connectivity index (χ1) is 16.2. The molecule has 0 radical (unpaired) electrons. The van der Waals surface area contributed by atoms with Crippen LogP contribution in [0.25, 0.3) is 0 Å². The minimum absolute atomic E-state index is 0.0503. The lowest BCUT2D eigenvalue weighted by atomic mass is 9.31. The van der Waals surface area contributed by atoms with Crippen LogP contribution < -0.4 is 0 Å². The molecule has 6 rings (SSSR count). The Balaban J connectivity index is 1.35. The monoisotopic (exact) mass is 484 g/mol. The van der Waals surface area contributed by atoms with Crippen molar-refractivity contribution in [2.45, 2.75) is 132 Å². The van der Waals surface area contributed by atoms with Crippen LogP contribution in [0.5, 0.6) is 0 Å². The largest absolute Gasteiger partial charge is 0.462 e. The summed E-state index contributed by atoms with van der Waals surface area (Å²) in [4.78, 5) is 11.9. The average molecular weight is 485 g/mol. The molecule has 3 nitrogen and oxygen atoms in total. The van der Waals surface area contributed by atoms with E-state index in [1.807, 2.05) is 0 Å². The van der Waals surface area contributed by atoms with Crippen LogP contribution in [0.15, 0.2) is 0 Å². The minimum Gasteiger partial charge on any atom is -0.462 e. The molecule has 6 aliphatic rings. The zero-order valence-electron chi connectivity index (χ0n) is 24.0. The summed E-state index contributed by atoms with van der Waals surface area (Å²) in [5, 5.41) is 0. The number of carbonyl (C=O) groups is 1. The fourth-order valence-corrected chi connectivity index (χ4v) is 12.4. The molecule has 0 amide bonds. The van der Waals surface area contributed by atoms with Gasteiger partial charge in [0.05, 0.1) is 12.7 Å². The van der Waals surface area contributed by atoms with E-state index >= 15 is 0 Å². The van der Waals surface area contributed by atoms with Gasteiger partial charge in [-0.25, -0.2) is 0 Å². The Kier molecular flexibility index (Phi) is 5.16. The van der Waals surface area contributed by atoms with Gasteiger partial charge in [-0.1, -0.05) is 48.5 Å². The van der Waals surface area contributed by atoms with Gasteiger partial charge in [-0.15, -0.1) is 0 Å². The lowest BCUT2D eigenvalue weighted by molar-refractivity contribution is -0.254. The molecule has 1 saturated heterocycles. The van der Waals surface area contributed by atoms with Crippen molar-refractivity contribution in [3.63, 3.8) is 0 Å². The summed E-state index contributed by atoms with van der Waals surface area (Å²) in [5.74, 6) is 2.88. The zero-order valence-corrected chi connectivity index (χ0v) is 24.0. The SMILES string of the molecule is CC(=O)O[C@@H]1CC[C@@]2(C)[C@H](CC[C@]3(C)[C@@H]2CC[C@@H]2[C@@H]4[C@H]5OC[C@@]4(CCC5(C)C)CC[C@]23C)C1(C)C. The van der Waals surface area contributed by atoms with Gasteiger partial charge >= 0.3 is 5.97 Å². The van der Waals surface area contributed by atoms with Crippen molar-refractivity contribution in [3.05, 3.63) is 0 Å². The topological polar surface area (TPSA) is 35.5 Å². The summed E-state index contributed by atoms with van der Waals surface area (Å²) in [6.45, 7) is 20.5. The smallest absolute Gasteiger partial charge is 0.302 e. The van der Waals surface area contributed by atoms with Gasteiger partial charge in [0.25, 0.3) is 0 Å². The quantitative estimate of drug-likeness (QED) is 0.356. The van der Waals surface area contributed by atoms with Crippen LogP contribution in [-0.4, -0.2) is 24.8 Å². The fourth-order valence-electron chi connectivity index (χ4n) is 12.4. The van der Waals surface area contributed by atoms with Gasteiger partial charge in [0.1, 0.15) is 6.10 Å². The summed E-state index contributed by atoms with van der Waals surface area (Å²) in [6.07, 6.45) is 13.7. The number of ether oxygens (including phenoxy) is 2. The summed E-state index contributed by atoms with van der Waals surface area (Å²) in [6, 6.07) is 0. The van der Waals surface area contributed by atoms with E-state index in [1.54, 1.807) is 6.92 Å². The van der Waals surface area contributed by atoms with Gasteiger partial charge in [0, 0.05) is 12.3 Å². The predicted molar refractivity (Wildman–Crippen MR) is 140 cm³/mol. The number of esters is 1. The molecule has 1 aliphatic heterocycles. The summed E-state index contributed by atoms with van der Waals surface area (Å²) in [7, 11) is 0. The number of fused-ring (bicyclic) bond motifs is 5. The molecule has 5 aliphatic carbocycles. The third-order valence-corrected chi connectivity index (χ3v) is 14.4. The molecule has 10 atom stereocenters. The van der Waals surface area contributed by atoms with E-state index in [1.165, 1.54) is 57.8 Å². The second-order valence-corrected chi connectivity index (χ2v) is 16.2. The lowest BCUT2D eigenvalue weighted by Gasteiger charge is -2.73. The van der Waals surface area contributed by atoms with E-state index in [0.717, 1.165) is 30.8 Å². The van der Waals surface area contributed by atoms with Crippen LogP contribution in [0.3, 0.4) is 0 Å². The van der Waals surface area contributed by atoms with Crippen LogP contribution >= 0.6 is 0 Å². The van der Waals surface area contributed by atoms with Crippen molar-refractivity contribution in [2.24, 2.45) is 56.2 Å². The summed E-state index contributed by atoms with van der Waals surface area (Å²) >= 11 is 0. The Labute approximate surface area is 214 Å². The second-order valence-electron chi connectivity index (χ2n) is 16.2. The van der Waals surface area contributed by atoms with Gasteiger partial charge in [0.15, 0.2) is 0 Å². The Morgan fingerprint density at radius 3 is 2.20 bits per heavy atom. The van der Waals surface area contributed by atoms with Gasteiger partial charge < -0.3 is 9.47 Å². The Hall–Kier alpha value is -0.570. The van der Waals surface area contributed by atoms with E-state index in [2.05, 4.69) is 48.5 Å². The molecule has 198 valence electrons. The van der Waals surface area contributed by atoms with Gasteiger partial charge in [-0.3, -0.25) is 4.79 Å². The first-order valence-corrected chi connectivity index (χ1v) is 15.0. The van der Waals surface area contributed by atoms with Crippen LogP contribution in [0.2, 0.25) is 0 Å². The maximum Gasteiger partial charge on any atom is 0.302 e. The maximum absolute atomic E-state index is 11.9. The number of rotatable bonds is 1. The predicted octanol–water partition coefficient (Wildman–Crippen LogP) is 7.81. The highest BCUT2D eigenvalue weighted by atomic mass is 16.5. The molecule has 0 unspecified atom stereocenters. The van der Waals surface area contributed by atoms with E-state index in [9.17, 15) is 4.79 Å². The zero-order chi connectivity index (χ0) is 25.2. The molecule has 5 saturated carbocycles. The number of hydrogen-bond donors (Lipinski definition) is 0. The molecule has 0 aromatic rings. The van der Waals surface area contributed by atoms with Crippen molar-refractivity contribution in [1.82, 2.24) is 0 Å². The van der Waals surface area contributed by atoms with Crippen LogP contribution in [0.1, 0.15) is 120 Å². The Bertz CT molecular complexity index is 906. The maximum atomic E-state index is 11.9. The molecule has 2 bridgehead atoms. The highest BCUT2D eigenvalue weighted by Crippen LogP contribution is 2.78. The van der Waals surface area contributed by atoms with Crippen LogP contribution in [-0.2, 0) is 14.3 Å². The molecular formula is C32H52O3. The standard InChI is InChI=1S/C32H52O3/c1-20(33)35-24-12-13-29(6)22(28(24,4)5)11-14-31(8)23(29)10-9-21-25-26-27(2,3)15-17-32(25,19-34-26)18-16-30(21,31)7/h21-26H,9-19H2,1-8H3/t21-,22-,23-,24-,25-,26-,29+,30-,31-,32-/m1/s1. The van der Waals surface area contributed by atoms with Crippen molar-refractivity contribution >= 4 is 5.97 Å². The van der Waals surface area contributed by atoms with E-state index < -0.39 is 0 Å². The molecule has 0 N–H and O–H groups in total. The van der Waals surface area contributed by atoms with Crippen LogP contribution in [0, 0.1) is 56.2 Å². The second kappa shape index (κ2) is 7.29. The Morgan fingerprint density at radius 1 is 0.771 bits per heavy atom. The lowest BCUT2D eigenvalue weighted by Crippen LogP contribution is -2.67. The highest BCUT2D eigenvalue weighted by molar-refractivity contribution is 5.66. The van der Waals surface area contributed by atoms with Gasteiger partial charge in [0.2, 0.25) is 0 Å². The van der Waals surface area contributed by atoms with Crippen molar-refractivity contribution < 1.29 is 14.3 Å². The first-order valence-electron chi connectivity index (χ1n) is 15.0. The highest BCUT2D eigenvalue weighted by Gasteiger charge is 2.72. The molecule has 6 fully saturated rings. The van der Waals surface area contributed by atoms with Crippen molar-refractivity contribution in [2.75, 3.05) is 6.61 Å². The van der Waals surface area contributed by atoms with Gasteiger partial charge in [-0.05, 0) is 115 Å². The summed E-state index contributed by atoms with van der Waals surface area (Å²) in [5.41, 5.74) is 2.00. The van der Waals surface area contributed by atoms with Gasteiger partial charge in [-0.2, -0.15) is 0 Å². The third-order valence-electron chi connectivity index (χ3n) is 14.4. The van der Waals surface area contributed by atoms with E-state index in [4.69, 9.17) is 9.47 Å². The molecule has 0 spiro atoms. The Morgan fingerprint density at radius 2 is 1.49 bits per heavy atom.